The largest absolute Gasteiger partial charge is 0.478 e. The van der Waals surface area contributed by atoms with E-state index >= 15 is 0 Å². The molecule has 3 rings (SSSR count). The predicted octanol–water partition coefficient (Wildman–Crippen LogP) is 3.77. The summed E-state index contributed by atoms with van der Waals surface area (Å²) in [6.07, 6.45) is 3.81. The second kappa shape index (κ2) is 6.62. The summed E-state index contributed by atoms with van der Waals surface area (Å²) in [5, 5.41) is 13.0. The summed E-state index contributed by atoms with van der Waals surface area (Å²) >= 11 is 0. The number of carbonyl (C=O) groups is 1. The average molecular weight is 328 g/mol. The molecule has 0 aliphatic heterocycles. The molecule has 2 aromatic carbocycles. The highest BCUT2D eigenvalue weighted by atomic mass is 19.2. The molecule has 1 N–H and O–H groups in total. The number of aromatic nitrogens is 2. The minimum absolute atomic E-state index is 0.0107. The Labute approximate surface area is 137 Å². The molecule has 0 atom stereocenters. The first-order chi connectivity index (χ1) is 11.6. The van der Waals surface area contributed by atoms with Crippen LogP contribution in [0.1, 0.15) is 15.9 Å². The molecule has 0 aliphatic carbocycles. The molecule has 6 heteroatoms. The quantitative estimate of drug-likeness (QED) is 0.776. The van der Waals surface area contributed by atoms with Gasteiger partial charge in [0.05, 0.1) is 11.8 Å². The summed E-state index contributed by atoms with van der Waals surface area (Å²) in [4.78, 5) is 10.8. The summed E-state index contributed by atoms with van der Waals surface area (Å²) < 4.78 is 29.5. The fourth-order valence-electron chi connectivity index (χ4n) is 2.45. The van der Waals surface area contributed by atoms with Gasteiger partial charge in [0.2, 0.25) is 0 Å². The Morgan fingerprint density at radius 2 is 1.83 bits per heavy atom. The SMILES string of the molecule is O=C(O)c1ccc(-c2cnn(CCc3ccccc3)c2)c(F)c1F. The lowest BCUT2D eigenvalue weighted by Crippen LogP contribution is -2.04. The maximum Gasteiger partial charge on any atom is 0.338 e. The summed E-state index contributed by atoms with van der Waals surface area (Å²) in [5.74, 6) is -4.05. The van der Waals surface area contributed by atoms with Crippen LogP contribution in [-0.2, 0) is 13.0 Å². The molecule has 0 fully saturated rings. The molecule has 0 spiro atoms. The number of carboxylic acid groups (broad SMARTS) is 1. The Bertz CT molecular complexity index is 876. The van der Waals surface area contributed by atoms with E-state index in [4.69, 9.17) is 5.11 Å². The van der Waals surface area contributed by atoms with Gasteiger partial charge in [0.15, 0.2) is 11.6 Å². The number of benzene rings is 2. The van der Waals surface area contributed by atoms with E-state index in [2.05, 4.69) is 5.10 Å². The Balaban J connectivity index is 1.81. The van der Waals surface area contributed by atoms with Crippen molar-refractivity contribution in [3.8, 4) is 11.1 Å². The lowest BCUT2D eigenvalue weighted by molar-refractivity contribution is 0.0690. The third-order valence-electron chi connectivity index (χ3n) is 3.73. The molecule has 1 aromatic heterocycles. The number of rotatable bonds is 5. The number of hydrogen-bond donors (Lipinski definition) is 1. The van der Waals surface area contributed by atoms with Gasteiger partial charge in [0.25, 0.3) is 0 Å². The molecule has 1 heterocycles. The van der Waals surface area contributed by atoms with E-state index in [9.17, 15) is 13.6 Å². The molecule has 0 saturated heterocycles. The second-order valence-corrected chi connectivity index (χ2v) is 5.32. The fourth-order valence-corrected chi connectivity index (χ4v) is 2.45. The fraction of sp³-hybridized carbons (Fsp3) is 0.111. The lowest BCUT2D eigenvalue weighted by atomic mass is 10.1. The van der Waals surface area contributed by atoms with Crippen LogP contribution >= 0.6 is 0 Å². The van der Waals surface area contributed by atoms with E-state index < -0.39 is 23.2 Å². The zero-order valence-electron chi connectivity index (χ0n) is 12.6. The first-order valence-electron chi connectivity index (χ1n) is 7.34. The van der Waals surface area contributed by atoms with Crippen LogP contribution in [0.5, 0.6) is 0 Å². The van der Waals surface area contributed by atoms with Crippen molar-refractivity contribution in [2.45, 2.75) is 13.0 Å². The van der Waals surface area contributed by atoms with Crippen LogP contribution in [0.25, 0.3) is 11.1 Å². The first kappa shape index (κ1) is 15.9. The van der Waals surface area contributed by atoms with Crippen molar-refractivity contribution in [1.82, 2.24) is 9.78 Å². The van der Waals surface area contributed by atoms with Crippen LogP contribution in [0.15, 0.2) is 54.9 Å². The molecular formula is C18H14F2N2O2. The van der Waals surface area contributed by atoms with E-state index in [1.165, 1.54) is 12.3 Å². The average Bonchev–Trinajstić information content (AvgIpc) is 3.05. The van der Waals surface area contributed by atoms with Gasteiger partial charge in [-0.1, -0.05) is 36.4 Å². The van der Waals surface area contributed by atoms with Gasteiger partial charge in [-0.05, 0) is 18.1 Å². The minimum Gasteiger partial charge on any atom is -0.478 e. The van der Waals surface area contributed by atoms with Gasteiger partial charge in [0, 0.05) is 23.9 Å². The topological polar surface area (TPSA) is 55.1 Å². The van der Waals surface area contributed by atoms with Crippen LogP contribution in [0.3, 0.4) is 0 Å². The molecule has 0 amide bonds. The zero-order chi connectivity index (χ0) is 17.1. The van der Waals surface area contributed by atoms with Crippen molar-refractivity contribution in [2.75, 3.05) is 0 Å². The normalized spacial score (nSPS) is 10.8. The number of aryl methyl sites for hydroxylation is 2. The van der Waals surface area contributed by atoms with Gasteiger partial charge in [0.1, 0.15) is 0 Å². The monoisotopic (exact) mass is 328 g/mol. The molecule has 0 saturated carbocycles. The molecule has 0 unspecified atom stereocenters. The van der Waals surface area contributed by atoms with Crippen LogP contribution < -0.4 is 0 Å². The van der Waals surface area contributed by atoms with Crippen molar-refractivity contribution in [2.24, 2.45) is 0 Å². The number of halogens is 2. The Hall–Kier alpha value is -3.02. The van der Waals surface area contributed by atoms with E-state index in [-0.39, 0.29) is 5.56 Å². The zero-order valence-corrected chi connectivity index (χ0v) is 12.6. The van der Waals surface area contributed by atoms with Crippen molar-refractivity contribution < 1.29 is 18.7 Å². The number of aromatic carboxylic acids is 1. The number of hydrogen-bond acceptors (Lipinski definition) is 2. The van der Waals surface area contributed by atoms with Crippen molar-refractivity contribution in [3.05, 3.63) is 77.6 Å². The standard InChI is InChI=1S/C18H14F2N2O2/c19-16-14(6-7-15(17(16)20)18(23)24)13-10-21-22(11-13)9-8-12-4-2-1-3-5-12/h1-7,10-11H,8-9H2,(H,23,24). The van der Waals surface area contributed by atoms with Crippen LogP contribution in [-0.4, -0.2) is 20.9 Å². The summed E-state index contributed by atoms with van der Waals surface area (Å²) in [5.41, 5.74) is 0.852. The smallest absolute Gasteiger partial charge is 0.338 e. The molecule has 4 nitrogen and oxygen atoms in total. The van der Waals surface area contributed by atoms with Gasteiger partial charge in [-0.25, -0.2) is 13.6 Å². The van der Waals surface area contributed by atoms with Gasteiger partial charge >= 0.3 is 5.97 Å². The molecule has 24 heavy (non-hydrogen) atoms. The maximum atomic E-state index is 14.1. The summed E-state index contributed by atoms with van der Waals surface area (Å²) in [6, 6.07) is 12.2. The minimum atomic E-state index is -1.50. The highest BCUT2D eigenvalue weighted by molar-refractivity contribution is 5.88. The van der Waals surface area contributed by atoms with Gasteiger partial charge in [-0.15, -0.1) is 0 Å². The third kappa shape index (κ3) is 3.17. The Morgan fingerprint density at radius 1 is 1.08 bits per heavy atom. The predicted molar refractivity (Wildman–Crippen MR) is 84.7 cm³/mol. The molecule has 0 radical (unpaired) electrons. The maximum absolute atomic E-state index is 14.1. The summed E-state index contributed by atoms with van der Waals surface area (Å²) in [6.45, 7) is 0.599. The van der Waals surface area contributed by atoms with Gasteiger partial charge in [-0.3, -0.25) is 4.68 Å². The van der Waals surface area contributed by atoms with Gasteiger partial charge < -0.3 is 5.11 Å². The van der Waals surface area contributed by atoms with Crippen LogP contribution in [0.2, 0.25) is 0 Å². The van der Waals surface area contributed by atoms with Gasteiger partial charge in [-0.2, -0.15) is 5.10 Å². The molecule has 3 aromatic rings. The Morgan fingerprint density at radius 3 is 2.54 bits per heavy atom. The molecule has 122 valence electrons. The second-order valence-electron chi connectivity index (χ2n) is 5.32. The highest BCUT2D eigenvalue weighted by Crippen LogP contribution is 2.26. The van der Waals surface area contributed by atoms with Crippen LogP contribution in [0, 0.1) is 11.6 Å². The van der Waals surface area contributed by atoms with E-state index in [1.54, 1.807) is 10.9 Å². The lowest BCUT2D eigenvalue weighted by Gasteiger charge is -2.04. The van der Waals surface area contributed by atoms with Crippen LogP contribution in [0.4, 0.5) is 8.78 Å². The Kier molecular flexibility index (Phi) is 4.37. The summed E-state index contributed by atoms with van der Waals surface area (Å²) in [7, 11) is 0. The third-order valence-corrected chi connectivity index (χ3v) is 3.73. The molecule has 0 aliphatic rings. The molecular weight excluding hydrogens is 314 g/mol. The van der Waals surface area contributed by atoms with E-state index in [0.29, 0.717) is 12.1 Å². The molecule has 0 bridgehead atoms. The number of carboxylic acids is 1. The van der Waals surface area contributed by atoms with E-state index in [0.717, 1.165) is 18.1 Å². The number of nitrogens with zero attached hydrogens (tertiary/aromatic N) is 2. The van der Waals surface area contributed by atoms with E-state index in [1.807, 2.05) is 30.3 Å². The first-order valence-corrected chi connectivity index (χ1v) is 7.34. The van der Waals surface area contributed by atoms with Crippen molar-refractivity contribution >= 4 is 5.97 Å². The highest BCUT2D eigenvalue weighted by Gasteiger charge is 2.19. The van der Waals surface area contributed by atoms with Crippen molar-refractivity contribution in [3.63, 3.8) is 0 Å². The van der Waals surface area contributed by atoms with Crippen molar-refractivity contribution in [1.29, 1.82) is 0 Å².